The maximum atomic E-state index is 12.9. The van der Waals surface area contributed by atoms with Crippen LogP contribution in [0.2, 0.25) is 0 Å². The molecule has 5 nitrogen and oxygen atoms in total. The molecule has 0 N–H and O–H groups in total. The van der Waals surface area contributed by atoms with Gasteiger partial charge < -0.3 is 9.64 Å². The van der Waals surface area contributed by atoms with Gasteiger partial charge in [-0.2, -0.15) is 0 Å². The van der Waals surface area contributed by atoms with Crippen molar-refractivity contribution in [2.45, 2.75) is 51.7 Å². The van der Waals surface area contributed by atoms with Gasteiger partial charge in [-0.05, 0) is 50.3 Å². The van der Waals surface area contributed by atoms with Gasteiger partial charge in [0.1, 0.15) is 5.60 Å². The lowest BCUT2D eigenvalue weighted by Crippen LogP contribution is -2.41. The average Bonchev–Trinajstić information content (AvgIpc) is 3.01. The van der Waals surface area contributed by atoms with Gasteiger partial charge in [0.25, 0.3) is 5.91 Å². The second-order valence-corrected chi connectivity index (χ2v) is 9.17. The second kappa shape index (κ2) is 9.38. The predicted molar refractivity (Wildman–Crippen MR) is 125 cm³/mol. The van der Waals surface area contributed by atoms with Crippen molar-refractivity contribution in [2.24, 2.45) is 0 Å². The number of carbonyl (C=O) groups is 2. The Hall–Kier alpha value is -3.08. The summed E-state index contributed by atoms with van der Waals surface area (Å²) in [6.45, 7) is 5.39. The Labute approximate surface area is 185 Å². The Morgan fingerprint density at radius 3 is 2.45 bits per heavy atom. The van der Waals surface area contributed by atoms with Crippen molar-refractivity contribution in [1.29, 1.82) is 0 Å². The summed E-state index contributed by atoms with van der Waals surface area (Å²) in [6, 6.07) is 7.94. The van der Waals surface area contributed by atoms with Crippen LogP contribution >= 0.6 is 0 Å². The van der Waals surface area contributed by atoms with E-state index in [0.29, 0.717) is 12.0 Å². The molecule has 1 heterocycles. The monoisotopic (exact) mass is 420 g/mol. The standard InChI is InChI=1S/C26H32N2O3/c1-26(2,3)31-25(30)28-23(17-22(24(28)29)18-27(4)5)16-13-19-11-14-21(15-12-19)20-9-7-6-8-10-20/h7,9-16,18,23H,6,8,17H2,1-5H3/b16-13?,22-18+. The van der Waals surface area contributed by atoms with Crippen molar-refractivity contribution in [3.8, 4) is 0 Å². The summed E-state index contributed by atoms with van der Waals surface area (Å²) < 4.78 is 5.49. The minimum atomic E-state index is -0.669. The van der Waals surface area contributed by atoms with Crippen molar-refractivity contribution >= 4 is 23.6 Å². The van der Waals surface area contributed by atoms with Crippen LogP contribution in [0.4, 0.5) is 4.79 Å². The molecule has 0 spiro atoms. The van der Waals surface area contributed by atoms with Gasteiger partial charge in [0.05, 0.1) is 6.04 Å². The molecule has 164 valence electrons. The third-order valence-electron chi connectivity index (χ3n) is 5.01. The summed E-state index contributed by atoms with van der Waals surface area (Å²) in [5, 5.41) is 0. The molecule has 5 heteroatoms. The summed E-state index contributed by atoms with van der Waals surface area (Å²) in [5.74, 6) is -0.302. The van der Waals surface area contributed by atoms with Crippen molar-refractivity contribution < 1.29 is 14.3 Å². The second-order valence-electron chi connectivity index (χ2n) is 9.17. The highest BCUT2D eigenvalue weighted by atomic mass is 16.6. The zero-order valence-corrected chi connectivity index (χ0v) is 19.1. The molecule has 3 rings (SSSR count). The predicted octanol–water partition coefficient (Wildman–Crippen LogP) is 5.41. The number of allylic oxidation sites excluding steroid dienone is 4. The zero-order valence-electron chi connectivity index (χ0n) is 19.1. The van der Waals surface area contributed by atoms with Gasteiger partial charge in [-0.3, -0.25) is 4.79 Å². The van der Waals surface area contributed by atoms with Crippen molar-refractivity contribution in [3.05, 3.63) is 71.5 Å². The first kappa shape index (κ1) is 22.6. The quantitative estimate of drug-likeness (QED) is 0.611. The molecule has 2 aliphatic rings. The Morgan fingerprint density at radius 2 is 1.87 bits per heavy atom. The fourth-order valence-electron chi connectivity index (χ4n) is 3.65. The minimum Gasteiger partial charge on any atom is -0.443 e. The number of likely N-dealkylation sites (tertiary alicyclic amines) is 1. The number of nitrogens with zero attached hydrogens (tertiary/aromatic N) is 2. The fourth-order valence-corrected chi connectivity index (χ4v) is 3.65. The van der Waals surface area contributed by atoms with Crippen molar-refractivity contribution in [2.75, 3.05) is 14.1 Å². The molecule has 0 radical (unpaired) electrons. The van der Waals surface area contributed by atoms with Gasteiger partial charge in [0.2, 0.25) is 0 Å². The number of hydrogen-bond acceptors (Lipinski definition) is 4. The first-order valence-electron chi connectivity index (χ1n) is 10.7. The molecular formula is C26H32N2O3. The molecule has 1 unspecified atom stereocenters. The summed E-state index contributed by atoms with van der Waals surface area (Å²) in [7, 11) is 3.72. The van der Waals surface area contributed by atoms with E-state index in [4.69, 9.17) is 4.74 Å². The lowest BCUT2D eigenvalue weighted by molar-refractivity contribution is -0.124. The maximum Gasteiger partial charge on any atom is 0.417 e. The first-order chi connectivity index (χ1) is 14.6. The summed E-state index contributed by atoms with van der Waals surface area (Å²) in [5.41, 5.74) is 3.38. The smallest absolute Gasteiger partial charge is 0.417 e. The van der Waals surface area contributed by atoms with Gasteiger partial charge in [-0.1, -0.05) is 54.6 Å². The van der Waals surface area contributed by atoms with Crippen molar-refractivity contribution in [1.82, 2.24) is 9.80 Å². The number of rotatable bonds is 4. The summed E-state index contributed by atoms with van der Waals surface area (Å²) in [6.07, 6.45) is 14.3. The molecule has 1 saturated heterocycles. The third-order valence-corrected chi connectivity index (χ3v) is 5.01. The number of carbonyl (C=O) groups excluding carboxylic acids is 2. The van der Waals surface area contributed by atoms with E-state index in [-0.39, 0.29) is 11.9 Å². The van der Waals surface area contributed by atoms with Gasteiger partial charge in [0, 0.05) is 32.3 Å². The largest absolute Gasteiger partial charge is 0.443 e. The minimum absolute atomic E-state index is 0.302. The number of ether oxygens (including phenoxy) is 1. The molecule has 0 bridgehead atoms. The van der Waals surface area contributed by atoms with E-state index in [1.807, 2.05) is 31.1 Å². The molecule has 31 heavy (non-hydrogen) atoms. The van der Waals surface area contributed by atoms with Crippen LogP contribution in [-0.2, 0) is 9.53 Å². The van der Waals surface area contributed by atoms with Gasteiger partial charge >= 0.3 is 6.09 Å². The number of imide groups is 1. The summed E-state index contributed by atoms with van der Waals surface area (Å²) >= 11 is 0. The average molecular weight is 421 g/mol. The highest BCUT2D eigenvalue weighted by Crippen LogP contribution is 2.28. The van der Waals surface area contributed by atoms with Gasteiger partial charge in [-0.15, -0.1) is 0 Å². The van der Waals surface area contributed by atoms with Crippen LogP contribution in [0.1, 0.15) is 51.2 Å². The molecule has 0 aromatic heterocycles. The van der Waals surface area contributed by atoms with Crippen molar-refractivity contribution in [3.63, 3.8) is 0 Å². The van der Waals surface area contributed by atoms with E-state index in [1.54, 1.807) is 27.0 Å². The van der Waals surface area contributed by atoms with E-state index >= 15 is 0 Å². The van der Waals surface area contributed by atoms with Crippen LogP contribution in [-0.4, -0.2) is 47.5 Å². The van der Waals surface area contributed by atoms with Crippen LogP contribution < -0.4 is 0 Å². The van der Waals surface area contributed by atoms with E-state index in [0.717, 1.165) is 18.4 Å². The molecule has 0 saturated carbocycles. The highest BCUT2D eigenvalue weighted by molar-refractivity contribution is 6.05. The molecule has 1 aliphatic heterocycles. The Morgan fingerprint density at radius 1 is 1.16 bits per heavy atom. The lowest BCUT2D eigenvalue weighted by Gasteiger charge is -2.25. The topological polar surface area (TPSA) is 49.9 Å². The fraction of sp³-hybridized carbons (Fsp3) is 0.385. The maximum absolute atomic E-state index is 12.9. The van der Waals surface area contributed by atoms with Gasteiger partial charge in [-0.25, -0.2) is 9.69 Å². The highest BCUT2D eigenvalue weighted by Gasteiger charge is 2.40. The van der Waals surface area contributed by atoms with E-state index < -0.39 is 11.7 Å². The summed E-state index contributed by atoms with van der Waals surface area (Å²) in [4.78, 5) is 28.7. The lowest BCUT2D eigenvalue weighted by atomic mass is 9.98. The zero-order chi connectivity index (χ0) is 22.6. The molecule has 2 amide bonds. The van der Waals surface area contributed by atoms with Gasteiger partial charge in [0.15, 0.2) is 0 Å². The Bertz CT molecular complexity index is 944. The van der Waals surface area contributed by atoms with Crippen LogP contribution in [0, 0.1) is 0 Å². The third kappa shape index (κ3) is 5.97. The molecular weight excluding hydrogens is 388 g/mol. The Kier molecular flexibility index (Phi) is 6.84. The molecule has 1 fully saturated rings. The SMILES string of the molecule is CN(C)/C=C1\CC(C=Cc2ccc(C3=CCCC=C3)cc2)N(C(=O)OC(C)(C)C)C1=O. The first-order valence-corrected chi connectivity index (χ1v) is 10.7. The molecule has 1 atom stereocenters. The van der Waals surface area contributed by atoms with Crippen LogP contribution in [0.5, 0.6) is 0 Å². The van der Waals surface area contributed by atoms with E-state index in [1.165, 1.54) is 16.0 Å². The molecule has 1 aromatic rings. The Balaban J connectivity index is 1.80. The van der Waals surface area contributed by atoms with E-state index in [2.05, 4.69) is 42.5 Å². The number of benzene rings is 1. The molecule has 1 aromatic carbocycles. The van der Waals surface area contributed by atoms with Crippen LogP contribution in [0.3, 0.4) is 0 Å². The van der Waals surface area contributed by atoms with Crippen LogP contribution in [0.15, 0.2) is 60.3 Å². The number of hydrogen-bond donors (Lipinski definition) is 0. The number of amides is 2. The molecule has 1 aliphatic carbocycles. The normalized spacial score (nSPS) is 20.5. The van der Waals surface area contributed by atoms with E-state index in [9.17, 15) is 9.59 Å². The van der Waals surface area contributed by atoms with Crippen LogP contribution in [0.25, 0.3) is 11.6 Å².